The van der Waals surface area contributed by atoms with Crippen LogP contribution in [0.15, 0.2) is 30.6 Å². The Kier molecular flexibility index (Phi) is 5.30. The average molecular weight is 476 g/mol. The molecule has 0 aromatic heterocycles. The molecule has 2 saturated carbocycles. The molecule has 1 aromatic carbocycles. The highest BCUT2D eigenvalue weighted by molar-refractivity contribution is 7.88. The first-order valence-electron chi connectivity index (χ1n) is 11.6. The van der Waals surface area contributed by atoms with E-state index >= 15 is 4.39 Å². The number of likely N-dealkylation sites (tertiary alicyclic amines) is 2. The van der Waals surface area contributed by atoms with Crippen molar-refractivity contribution in [3.05, 3.63) is 47.5 Å². The van der Waals surface area contributed by atoms with Gasteiger partial charge in [0.15, 0.2) is 0 Å². The molecule has 1 N–H and O–H groups in total. The number of alkyl halides is 1. The summed E-state index contributed by atoms with van der Waals surface area (Å²) in [6, 6.07) is 4.58. The van der Waals surface area contributed by atoms with Crippen LogP contribution in [0, 0.1) is 28.5 Å². The van der Waals surface area contributed by atoms with Gasteiger partial charge < -0.3 is 9.80 Å². The first-order valence-corrected chi connectivity index (χ1v) is 13.5. The van der Waals surface area contributed by atoms with Crippen LogP contribution in [0.2, 0.25) is 0 Å². The Morgan fingerprint density at radius 1 is 1.27 bits per heavy atom. The SMILES string of the molecule is C=C(N1CC(F)C1)N1CC2(CC2)C(NS(C)(=O)=O)C1Cc1cccc(C#CC2(C)CC2)c1F. The van der Waals surface area contributed by atoms with E-state index in [1.54, 1.807) is 18.2 Å². The van der Waals surface area contributed by atoms with Crippen molar-refractivity contribution in [3.63, 3.8) is 0 Å². The molecule has 8 heteroatoms. The maximum absolute atomic E-state index is 15.5. The van der Waals surface area contributed by atoms with Crippen molar-refractivity contribution in [2.24, 2.45) is 10.8 Å². The van der Waals surface area contributed by atoms with E-state index in [0.29, 0.717) is 29.9 Å². The van der Waals surface area contributed by atoms with Crippen LogP contribution in [-0.2, 0) is 16.4 Å². The van der Waals surface area contributed by atoms with Gasteiger partial charge in [-0.05, 0) is 50.7 Å². The highest BCUT2D eigenvalue weighted by Gasteiger charge is 2.61. The summed E-state index contributed by atoms with van der Waals surface area (Å²) >= 11 is 0. The zero-order valence-corrected chi connectivity index (χ0v) is 20.0. The van der Waals surface area contributed by atoms with Crippen LogP contribution in [0.25, 0.3) is 0 Å². The van der Waals surface area contributed by atoms with E-state index in [0.717, 1.165) is 31.9 Å². The predicted molar refractivity (Wildman–Crippen MR) is 124 cm³/mol. The number of sulfonamides is 1. The van der Waals surface area contributed by atoms with Crippen molar-refractivity contribution in [2.75, 3.05) is 25.9 Å². The Hall–Kier alpha value is -2.11. The summed E-state index contributed by atoms with van der Waals surface area (Å²) in [5.74, 6) is 6.55. The highest BCUT2D eigenvalue weighted by Crippen LogP contribution is 2.56. The lowest BCUT2D eigenvalue weighted by molar-refractivity contribution is 0.0586. The van der Waals surface area contributed by atoms with E-state index in [2.05, 4.69) is 35.0 Å². The second kappa shape index (κ2) is 7.71. The number of hydrogen-bond donors (Lipinski definition) is 1. The van der Waals surface area contributed by atoms with Gasteiger partial charge in [-0.1, -0.05) is 30.6 Å². The largest absolute Gasteiger partial charge is 0.353 e. The van der Waals surface area contributed by atoms with Crippen molar-refractivity contribution in [3.8, 4) is 11.8 Å². The second-order valence-corrected chi connectivity index (χ2v) is 12.4. The Labute approximate surface area is 195 Å². The van der Waals surface area contributed by atoms with E-state index < -0.39 is 16.2 Å². The fourth-order valence-corrected chi connectivity index (χ4v) is 5.99. The summed E-state index contributed by atoms with van der Waals surface area (Å²) in [6.07, 6.45) is 4.49. The fourth-order valence-electron chi connectivity index (χ4n) is 5.12. The van der Waals surface area contributed by atoms with Gasteiger partial charge in [0.2, 0.25) is 10.0 Å². The summed E-state index contributed by atoms with van der Waals surface area (Å²) in [5, 5.41) is 0. The van der Waals surface area contributed by atoms with Crippen LogP contribution in [0.3, 0.4) is 0 Å². The second-order valence-electron chi connectivity index (χ2n) is 10.6. The first-order chi connectivity index (χ1) is 15.5. The van der Waals surface area contributed by atoms with Gasteiger partial charge in [0.25, 0.3) is 0 Å². The van der Waals surface area contributed by atoms with Gasteiger partial charge in [-0.2, -0.15) is 0 Å². The van der Waals surface area contributed by atoms with Gasteiger partial charge in [0, 0.05) is 23.4 Å². The van der Waals surface area contributed by atoms with E-state index in [-0.39, 0.29) is 41.8 Å². The van der Waals surface area contributed by atoms with Gasteiger partial charge in [-0.3, -0.25) is 0 Å². The molecule has 5 rings (SSSR count). The first kappa shape index (κ1) is 22.7. The molecule has 2 unspecified atom stereocenters. The van der Waals surface area contributed by atoms with E-state index in [1.807, 2.05) is 4.90 Å². The minimum Gasteiger partial charge on any atom is -0.353 e. The summed E-state index contributed by atoms with van der Waals surface area (Å²) in [6.45, 7) is 7.50. The van der Waals surface area contributed by atoms with E-state index in [4.69, 9.17) is 0 Å². The molecule has 0 radical (unpaired) electrons. The van der Waals surface area contributed by atoms with Gasteiger partial charge in [0.05, 0.1) is 36.8 Å². The van der Waals surface area contributed by atoms with Crippen LogP contribution in [-0.4, -0.2) is 62.4 Å². The molecule has 2 aliphatic carbocycles. The quantitative estimate of drug-likeness (QED) is 0.643. The number of hydrogen-bond acceptors (Lipinski definition) is 4. The standard InChI is InChI=1S/C25H31F2N3O2S/c1-17(29-14-20(26)15-29)30-16-25(11-12-25)23(28-33(3,31)32)21(30)13-19-6-4-5-18(22(19)27)7-8-24(2)9-10-24/h4-6,20-21,23,28H,1,9-16H2,2-3H3. The fraction of sp³-hybridized carbons (Fsp3) is 0.600. The molecule has 2 saturated heterocycles. The topological polar surface area (TPSA) is 52.6 Å². The molecule has 2 atom stereocenters. The monoisotopic (exact) mass is 475 g/mol. The highest BCUT2D eigenvalue weighted by atomic mass is 32.2. The molecule has 2 heterocycles. The number of halogens is 2. The third-order valence-electron chi connectivity index (χ3n) is 7.70. The summed E-state index contributed by atoms with van der Waals surface area (Å²) in [5.41, 5.74) is 0.693. The lowest BCUT2D eigenvalue weighted by Gasteiger charge is -2.43. The number of rotatable bonds is 6. The molecule has 0 bridgehead atoms. The Bertz CT molecular complexity index is 1140. The minimum atomic E-state index is -3.47. The molecule has 1 aromatic rings. The smallest absolute Gasteiger partial charge is 0.209 e. The van der Waals surface area contributed by atoms with Crippen molar-refractivity contribution < 1.29 is 17.2 Å². The maximum Gasteiger partial charge on any atom is 0.209 e. The average Bonchev–Trinajstić information content (AvgIpc) is 3.62. The number of benzene rings is 1. The molecular weight excluding hydrogens is 444 g/mol. The van der Waals surface area contributed by atoms with Crippen LogP contribution in [0.4, 0.5) is 8.78 Å². The van der Waals surface area contributed by atoms with Gasteiger partial charge in [-0.25, -0.2) is 21.9 Å². The van der Waals surface area contributed by atoms with E-state index in [1.165, 1.54) is 0 Å². The van der Waals surface area contributed by atoms with Gasteiger partial charge in [0.1, 0.15) is 12.0 Å². The van der Waals surface area contributed by atoms with Gasteiger partial charge >= 0.3 is 0 Å². The molecule has 5 nitrogen and oxygen atoms in total. The van der Waals surface area contributed by atoms with Crippen molar-refractivity contribution in [1.29, 1.82) is 0 Å². The lowest BCUT2D eigenvalue weighted by atomic mass is 9.92. The third kappa shape index (κ3) is 4.50. The maximum atomic E-state index is 15.5. The third-order valence-corrected chi connectivity index (χ3v) is 8.39. The zero-order chi connectivity index (χ0) is 23.6. The van der Waals surface area contributed by atoms with Crippen LogP contribution in [0.5, 0.6) is 0 Å². The molecule has 33 heavy (non-hydrogen) atoms. The molecule has 2 aliphatic heterocycles. The Morgan fingerprint density at radius 3 is 2.55 bits per heavy atom. The van der Waals surface area contributed by atoms with E-state index in [9.17, 15) is 12.8 Å². The molecule has 0 amide bonds. The zero-order valence-electron chi connectivity index (χ0n) is 19.2. The number of nitrogens with zero attached hydrogens (tertiary/aromatic N) is 2. The molecular formula is C25H31F2N3O2S. The van der Waals surface area contributed by atoms with Crippen LogP contribution in [0.1, 0.15) is 43.7 Å². The van der Waals surface area contributed by atoms with Crippen molar-refractivity contribution in [2.45, 2.75) is 57.3 Å². The molecule has 1 spiro atoms. The van der Waals surface area contributed by atoms with Crippen molar-refractivity contribution >= 4 is 10.0 Å². The van der Waals surface area contributed by atoms with Crippen LogP contribution < -0.4 is 4.72 Å². The Balaban J connectivity index is 1.46. The minimum absolute atomic E-state index is 0.00318. The normalized spacial score (nSPS) is 27.2. The van der Waals surface area contributed by atoms with Gasteiger partial charge in [-0.15, -0.1) is 0 Å². The molecule has 178 valence electrons. The molecule has 4 fully saturated rings. The molecule has 4 aliphatic rings. The summed E-state index contributed by atoms with van der Waals surface area (Å²) < 4.78 is 56.3. The summed E-state index contributed by atoms with van der Waals surface area (Å²) in [7, 11) is -3.47. The number of nitrogens with one attached hydrogen (secondary N) is 1. The predicted octanol–water partition coefficient (Wildman–Crippen LogP) is 3.03. The van der Waals surface area contributed by atoms with Crippen LogP contribution >= 0.6 is 0 Å². The Morgan fingerprint density at radius 2 is 1.97 bits per heavy atom. The lowest BCUT2D eigenvalue weighted by Crippen LogP contribution is -2.54. The van der Waals surface area contributed by atoms with Crippen molar-refractivity contribution in [1.82, 2.24) is 14.5 Å². The summed E-state index contributed by atoms with van der Waals surface area (Å²) in [4.78, 5) is 3.95.